The molecule has 2 heterocycles. The lowest BCUT2D eigenvalue weighted by Crippen LogP contribution is -2.14. The first-order valence-corrected chi connectivity index (χ1v) is 9.31. The van der Waals surface area contributed by atoms with Crippen molar-refractivity contribution in [2.24, 2.45) is 0 Å². The van der Waals surface area contributed by atoms with Gasteiger partial charge >= 0.3 is 5.97 Å². The van der Waals surface area contributed by atoms with Crippen molar-refractivity contribution < 1.29 is 13.9 Å². The van der Waals surface area contributed by atoms with Gasteiger partial charge in [-0.05, 0) is 38.1 Å². The topological polar surface area (TPSA) is 82.3 Å². The van der Waals surface area contributed by atoms with Crippen LogP contribution in [-0.4, -0.2) is 15.9 Å². The van der Waals surface area contributed by atoms with E-state index in [-0.39, 0.29) is 11.3 Å². The predicted molar refractivity (Wildman–Crippen MR) is 102 cm³/mol. The average Bonchev–Trinajstić information content (AvgIpc) is 2.61. The summed E-state index contributed by atoms with van der Waals surface area (Å²) in [7, 11) is 0. The first-order valence-electron chi connectivity index (χ1n) is 7.95. The molecule has 3 aromatic rings. The summed E-state index contributed by atoms with van der Waals surface area (Å²) in [5.41, 5.74) is 1.53. The molecule has 27 heavy (non-hydrogen) atoms. The molecule has 138 valence electrons. The molecule has 3 rings (SSSR count). The van der Waals surface area contributed by atoms with Crippen molar-refractivity contribution in [3.63, 3.8) is 0 Å². The SMILES string of the molecule is Cc1cc(C)nc(SCc2cc(=O)c(OC(=O)c3cccc(Cl)c3)co2)n1. The number of carbonyl (C=O) groups excluding carboxylic acids is 1. The molecule has 6 nitrogen and oxygen atoms in total. The van der Waals surface area contributed by atoms with Gasteiger partial charge in [-0.15, -0.1) is 0 Å². The van der Waals surface area contributed by atoms with Crippen molar-refractivity contribution in [3.05, 3.63) is 80.6 Å². The van der Waals surface area contributed by atoms with E-state index in [2.05, 4.69) is 9.97 Å². The maximum Gasteiger partial charge on any atom is 0.343 e. The molecule has 1 aromatic carbocycles. The number of halogens is 1. The monoisotopic (exact) mass is 402 g/mol. The molecule has 0 fully saturated rings. The minimum Gasteiger partial charge on any atom is -0.464 e. The molecule has 2 aromatic heterocycles. The van der Waals surface area contributed by atoms with Crippen LogP contribution in [0.2, 0.25) is 5.02 Å². The summed E-state index contributed by atoms with van der Waals surface area (Å²) in [6.07, 6.45) is 1.13. The van der Waals surface area contributed by atoms with Crippen molar-refractivity contribution in [1.29, 1.82) is 0 Å². The Hall–Kier alpha value is -2.64. The molecular weight excluding hydrogens is 388 g/mol. The first-order chi connectivity index (χ1) is 12.9. The number of aryl methyl sites for hydroxylation is 2. The van der Waals surface area contributed by atoms with Gasteiger partial charge in [-0.3, -0.25) is 4.79 Å². The fourth-order valence-corrected chi connectivity index (χ4v) is 3.29. The van der Waals surface area contributed by atoms with Gasteiger partial charge in [0.1, 0.15) is 12.0 Å². The molecule has 0 saturated carbocycles. The lowest BCUT2D eigenvalue weighted by Gasteiger charge is -2.05. The van der Waals surface area contributed by atoms with Gasteiger partial charge < -0.3 is 9.15 Å². The molecule has 0 aliphatic rings. The molecule has 0 amide bonds. The maximum atomic E-state index is 12.2. The van der Waals surface area contributed by atoms with Crippen LogP contribution in [0.3, 0.4) is 0 Å². The average molecular weight is 403 g/mol. The summed E-state index contributed by atoms with van der Waals surface area (Å²) in [6, 6.07) is 9.43. The number of hydrogen-bond acceptors (Lipinski definition) is 7. The molecule has 0 saturated heterocycles. The molecule has 0 aliphatic heterocycles. The smallest absolute Gasteiger partial charge is 0.343 e. The van der Waals surface area contributed by atoms with Gasteiger partial charge in [-0.1, -0.05) is 29.4 Å². The fourth-order valence-electron chi connectivity index (χ4n) is 2.26. The molecule has 0 aliphatic carbocycles. The van der Waals surface area contributed by atoms with Crippen LogP contribution in [0.25, 0.3) is 0 Å². The van der Waals surface area contributed by atoms with E-state index in [0.29, 0.717) is 21.7 Å². The van der Waals surface area contributed by atoms with Crippen LogP contribution >= 0.6 is 23.4 Å². The Labute approximate surface area is 164 Å². The fraction of sp³-hybridized carbons (Fsp3) is 0.158. The molecule has 8 heteroatoms. The van der Waals surface area contributed by atoms with Crippen LogP contribution in [0.1, 0.15) is 27.5 Å². The number of carbonyl (C=O) groups is 1. The Morgan fingerprint density at radius 1 is 1.19 bits per heavy atom. The highest BCUT2D eigenvalue weighted by Gasteiger charge is 2.13. The second-order valence-corrected chi connectivity index (χ2v) is 7.08. The van der Waals surface area contributed by atoms with Crippen LogP contribution in [0.4, 0.5) is 0 Å². The molecule has 0 unspecified atom stereocenters. The lowest BCUT2D eigenvalue weighted by atomic mass is 10.2. The highest BCUT2D eigenvalue weighted by molar-refractivity contribution is 7.98. The first kappa shape index (κ1) is 19.1. The second-order valence-electron chi connectivity index (χ2n) is 5.70. The number of rotatable bonds is 5. The molecule has 0 bridgehead atoms. The van der Waals surface area contributed by atoms with E-state index in [1.54, 1.807) is 18.2 Å². The zero-order chi connectivity index (χ0) is 19.4. The highest BCUT2D eigenvalue weighted by atomic mass is 35.5. The molecular formula is C19H15ClN2O4S. The largest absolute Gasteiger partial charge is 0.464 e. The van der Waals surface area contributed by atoms with Crippen molar-refractivity contribution >= 4 is 29.3 Å². The Kier molecular flexibility index (Phi) is 5.93. The number of ether oxygens (including phenoxy) is 1. The minimum atomic E-state index is -0.685. The second kappa shape index (κ2) is 8.37. The summed E-state index contributed by atoms with van der Waals surface area (Å²) in [5, 5.41) is 1.00. The Balaban J connectivity index is 1.68. The predicted octanol–water partition coefficient (Wildman–Crippen LogP) is 4.21. The van der Waals surface area contributed by atoms with Gasteiger partial charge in [-0.2, -0.15) is 0 Å². The minimum absolute atomic E-state index is 0.184. The van der Waals surface area contributed by atoms with E-state index in [1.165, 1.54) is 23.9 Å². The summed E-state index contributed by atoms with van der Waals surface area (Å²) in [5.74, 6) is -0.0667. The number of esters is 1. The van der Waals surface area contributed by atoms with Crippen LogP contribution in [0.5, 0.6) is 5.75 Å². The van der Waals surface area contributed by atoms with Gasteiger partial charge in [0.15, 0.2) is 5.16 Å². The third kappa shape index (κ3) is 5.18. The number of hydrogen-bond donors (Lipinski definition) is 0. The zero-order valence-corrected chi connectivity index (χ0v) is 16.1. The third-order valence-electron chi connectivity index (χ3n) is 3.42. The van der Waals surface area contributed by atoms with Gasteiger partial charge in [0.2, 0.25) is 11.2 Å². The highest BCUT2D eigenvalue weighted by Crippen LogP contribution is 2.20. The molecule has 0 radical (unpaired) electrons. The van der Waals surface area contributed by atoms with Crippen LogP contribution in [0.15, 0.2) is 57.0 Å². The van der Waals surface area contributed by atoms with Crippen molar-refractivity contribution in [2.45, 2.75) is 24.8 Å². The van der Waals surface area contributed by atoms with Crippen LogP contribution in [0, 0.1) is 13.8 Å². The number of aromatic nitrogens is 2. The van der Waals surface area contributed by atoms with Crippen LogP contribution in [-0.2, 0) is 5.75 Å². The van der Waals surface area contributed by atoms with Gasteiger partial charge in [0, 0.05) is 22.5 Å². The van der Waals surface area contributed by atoms with Gasteiger partial charge in [-0.25, -0.2) is 14.8 Å². The summed E-state index contributed by atoms with van der Waals surface area (Å²) in [4.78, 5) is 32.9. The molecule has 0 N–H and O–H groups in total. The van der Waals surface area contributed by atoms with E-state index >= 15 is 0 Å². The van der Waals surface area contributed by atoms with Gasteiger partial charge in [0.25, 0.3) is 0 Å². The van der Waals surface area contributed by atoms with E-state index < -0.39 is 11.4 Å². The van der Waals surface area contributed by atoms with Crippen LogP contribution < -0.4 is 10.2 Å². The zero-order valence-electron chi connectivity index (χ0n) is 14.6. The van der Waals surface area contributed by atoms with E-state index in [0.717, 1.165) is 17.7 Å². The summed E-state index contributed by atoms with van der Waals surface area (Å²) >= 11 is 7.20. The standard InChI is InChI=1S/C19H15ClN2O4S/c1-11-6-12(2)22-19(21-11)27-10-15-8-16(23)17(9-25-15)26-18(24)13-4-3-5-14(20)7-13/h3-9H,10H2,1-2H3. The quantitative estimate of drug-likeness (QED) is 0.359. The number of thioether (sulfide) groups is 1. The number of nitrogens with zero attached hydrogens (tertiary/aromatic N) is 2. The van der Waals surface area contributed by atoms with Crippen molar-refractivity contribution in [2.75, 3.05) is 0 Å². The van der Waals surface area contributed by atoms with Crippen molar-refractivity contribution in [1.82, 2.24) is 9.97 Å². The third-order valence-corrected chi connectivity index (χ3v) is 4.53. The summed E-state index contributed by atoms with van der Waals surface area (Å²) in [6.45, 7) is 3.78. The Morgan fingerprint density at radius 2 is 1.93 bits per heavy atom. The number of benzene rings is 1. The van der Waals surface area contributed by atoms with E-state index in [9.17, 15) is 9.59 Å². The van der Waals surface area contributed by atoms with Gasteiger partial charge in [0.05, 0.1) is 11.3 Å². The molecule has 0 spiro atoms. The van der Waals surface area contributed by atoms with E-state index in [1.807, 2.05) is 19.9 Å². The maximum absolute atomic E-state index is 12.2. The summed E-state index contributed by atoms with van der Waals surface area (Å²) < 4.78 is 10.5. The normalized spacial score (nSPS) is 10.6. The Bertz CT molecular complexity index is 1030. The lowest BCUT2D eigenvalue weighted by molar-refractivity contribution is 0.0729. The van der Waals surface area contributed by atoms with E-state index in [4.69, 9.17) is 20.8 Å². The Morgan fingerprint density at radius 3 is 2.59 bits per heavy atom. The van der Waals surface area contributed by atoms with Crippen molar-refractivity contribution in [3.8, 4) is 5.75 Å². The molecule has 0 atom stereocenters.